The van der Waals surface area contributed by atoms with Crippen molar-refractivity contribution in [2.24, 2.45) is 0 Å². The summed E-state index contributed by atoms with van der Waals surface area (Å²) in [4.78, 5) is 4.24. The first-order valence-electron chi connectivity index (χ1n) is 8.07. The van der Waals surface area contributed by atoms with Crippen molar-refractivity contribution in [3.8, 4) is 17.2 Å². The molecule has 0 amide bonds. The highest BCUT2D eigenvalue weighted by Gasteiger charge is 2.16. The molecule has 3 aromatic heterocycles. The molecule has 0 spiro atoms. The lowest BCUT2D eigenvalue weighted by atomic mass is 10.1. The summed E-state index contributed by atoms with van der Waals surface area (Å²) in [6.07, 6.45) is 1.58. The Hall–Kier alpha value is -3.29. The standard InChI is InChI=1S/C18H15FN4O3/c1-10(2)16-12-7-11(8-20-18(12)26-23-16)17-22-21-15(25-17)9-24-14-6-4-3-5-13(14)19/h3-8,10H,9H2,1-2H3. The summed E-state index contributed by atoms with van der Waals surface area (Å²) in [5, 5.41) is 12.8. The van der Waals surface area contributed by atoms with Crippen LogP contribution in [0.3, 0.4) is 0 Å². The largest absolute Gasteiger partial charge is 0.481 e. The summed E-state index contributed by atoms with van der Waals surface area (Å²) in [6, 6.07) is 7.98. The van der Waals surface area contributed by atoms with Crippen LogP contribution in [0.1, 0.15) is 31.4 Å². The third-order valence-electron chi connectivity index (χ3n) is 3.81. The summed E-state index contributed by atoms with van der Waals surface area (Å²) >= 11 is 0. The minimum atomic E-state index is -0.449. The van der Waals surface area contributed by atoms with Crippen molar-refractivity contribution in [3.63, 3.8) is 0 Å². The van der Waals surface area contributed by atoms with E-state index in [0.717, 1.165) is 11.1 Å². The molecule has 0 unspecified atom stereocenters. The van der Waals surface area contributed by atoms with Gasteiger partial charge in [-0.3, -0.25) is 0 Å². The highest BCUT2D eigenvalue weighted by molar-refractivity contribution is 5.80. The zero-order valence-electron chi connectivity index (χ0n) is 14.1. The topological polar surface area (TPSA) is 87.1 Å². The van der Waals surface area contributed by atoms with Crippen molar-refractivity contribution in [2.45, 2.75) is 26.4 Å². The van der Waals surface area contributed by atoms with Crippen LogP contribution in [0, 0.1) is 5.82 Å². The van der Waals surface area contributed by atoms with Gasteiger partial charge in [0.2, 0.25) is 5.89 Å². The normalized spacial score (nSPS) is 11.4. The number of benzene rings is 1. The van der Waals surface area contributed by atoms with E-state index in [4.69, 9.17) is 13.7 Å². The number of para-hydroxylation sites is 1. The van der Waals surface area contributed by atoms with E-state index in [1.807, 2.05) is 19.9 Å². The van der Waals surface area contributed by atoms with E-state index in [9.17, 15) is 4.39 Å². The number of hydrogen-bond donors (Lipinski definition) is 0. The van der Waals surface area contributed by atoms with E-state index in [-0.39, 0.29) is 24.2 Å². The maximum Gasteiger partial charge on any atom is 0.257 e. The molecule has 0 aliphatic carbocycles. The SMILES string of the molecule is CC(C)c1noc2ncc(-c3nnc(COc4ccccc4F)o3)cc12. The van der Waals surface area contributed by atoms with Crippen LogP contribution in [0.25, 0.3) is 22.6 Å². The number of nitrogens with zero attached hydrogens (tertiary/aromatic N) is 4. The van der Waals surface area contributed by atoms with E-state index >= 15 is 0 Å². The quantitative estimate of drug-likeness (QED) is 0.533. The molecule has 26 heavy (non-hydrogen) atoms. The number of pyridine rings is 1. The van der Waals surface area contributed by atoms with Gasteiger partial charge in [-0.15, -0.1) is 10.2 Å². The molecule has 0 saturated heterocycles. The molecular weight excluding hydrogens is 339 g/mol. The van der Waals surface area contributed by atoms with Crippen LogP contribution in [0.15, 0.2) is 45.5 Å². The Labute approximate surface area is 147 Å². The molecule has 0 aliphatic rings. The van der Waals surface area contributed by atoms with Gasteiger partial charge in [-0.1, -0.05) is 31.1 Å². The number of aromatic nitrogens is 4. The molecule has 0 fully saturated rings. The fourth-order valence-corrected chi connectivity index (χ4v) is 2.51. The molecule has 0 aliphatic heterocycles. The van der Waals surface area contributed by atoms with Crippen molar-refractivity contribution in [2.75, 3.05) is 0 Å². The van der Waals surface area contributed by atoms with Crippen molar-refractivity contribution in [1.82, 2.24) is 20.3 Å². The second kappa shape index (κ2) is 6.55. The first kappa shape index (κ1) is 16.2. The van der Waals surface area contributed by atoms with E-state index in [0.29, 0.717) is 17.2 Å². The van der Waals surface area contributed by atoms with E-state index in [1.54, 1.807) is 18.3 Å². The van der Waals surface area contributed by atoms with Crippen LogP contribution in [-0.4, -0.2) is 20.3 Å². The number of fused-ring (bicyclic) bond motifs is 1. The molecule has 4 aromatic rings. The Morgan fingerprint density at radius 2 is 2.04 bits per heavy atom. The third-order valence-corrected chi connectivity index (χ3v) is 3.81. The molecule has 7 nitrogen and oxygen atoms in total. The van der Waals surface area contributed by atoms with Crippen LogP contribution >= 0.6 is 0 Å². The fraction of sp³-hybridized carbons (Fsp3) is 0.222. The summed E-state index contributed by atoms with van der Waals surface area (Å²) in [5.74, 6) is 0.401. The predicted octanol–water partition coefficient (Wildman–Crippen LogP) is 4.11. The molecular formula is C18H15FN4O3. The maximum atomic E-state index is 13.6. The molecule has 3 heterocycles. The Morgan fingerprint density at radius 3 is 2.85 bits per heavy atom. The average molecular weight is 354 g/mol. The molecule has 1 aromatic carbocycles. The molecule has 0 N–H and O–H groups in total. The maximum absolute atomic E-state index is 13.6. The molecule has 0 atom stereocenters. The number of ether oxygens (including phenoxy) is 1. The van der Waals surface area contributed by atoms with Gasteiger partial charge in [0.05, 0.1) is 16.6 Å². The van der Waals surface area contributed by atoms with Gasteiger partial charge < -0.3 is 13.7 Å². The minimum absolute atomic E-state index is 0.0336. The zero-order valence-corrected chi connectivity index (χ0v) is 14.1. The fourth-order valence-electron chi connectivity index (χ4n) is 2.51. The highest BCUT2D eigenvalue weighted by Crippen LogP contribution is 2.27. The van der Waals surface area contributed by atoms with Crippen molar-refractivity contribution in [3.05, 3.63) is 53.9 Å². The Bertz CT molecular complexity index is 1060. The van der Waals surface area contributed by atoms with Gasteiger partial charge in [0, 0.05) is 6.20 Å². The number of halogens is 1. The second-order valence-corrected chi connectivity index (χ2v) is 6.02. The summed E-state index contributed by atoms with van der Waals surface area (Å²) in [7, 11) is 0. The summed E-state index contributed by atoms with van der Waals surface area (Å²) in [6.45, 7) is 4.01. The third kappa shape index (κ3) is 3.01. The van der Waals surface area contributed by atoms with Crippen molar-refractivity contribution in [1.29, 1.82) is 0 Å². The van der Waals surface area contributed by atoms with Gasteiger partial charge in [0.15, 0.2) is 18.2 Å². The van der Waals surface area contributed by atoms with Crippen molar-refractivity contribution >= 4 is 11.1 Å². The molecule has 8 heteroatoms. The summed E-state index contributed by atoms with van der Waals surface area (Å²) < 4.78 is 29.8. The zero-order chi connectivity index (χ0) is 18.1. The molecule has 132 valence electrons. The van der Waals surface area contributed by atoms with Gasteiger partial charge in [-0.05, 0) is 24.1 Å². The molecule has 0 radical (unpaired) electrons. The van der Waals surface area contributed by atoms with E-state index in [2.05, 4.69) is 20.3 Å². The molecule has 4 rings (SSSR count). The van der Waals surface area contributed by atoms with Gasteiger partial charge in [-0.2, -0.15) is 0 Å². The van der Waals surface area contributed by atoms with Gasteiger partial charge in [-0.25, -0.2) is 9.37 Å². The van der Waals surface area contributed by atoms with Crippen molar-refractivity contribution < 1.29 is 18.1 Å². The number of hydrogen-bond acceptors (Lipinski definition) is 7. The van der Waals surface area contributed by atoms with Gasteiger partial charge >= 0.3 is 0 Å². The second-order valence-electron chi connectivity index (χ2n) is 6.02. The number of rotatable bonds is 5. The van der Waals surface area contributed by atoms with Crippen LogP contribution in [0.4, 0.5) is 4.39 Å². The van der Waals surface area contributed by atoms with Crippen LogP contribution in [0.2, 0.25) is 0 Å². The van der Waals surface area contributed by atoms with Gasteiger partial charge in [0.25, 0.3) is 11.6 Å². The Kier molecular flexibility index (Phi) is 4.08. The first-order valence-corrected chi connectivity index (χ1v) is 8.07. The van der Waals surface area contributed by atoms with Crippen LogP contribution in [0.5, 0.6) is 5.75 Å². The minimum Gasteiger partial charge on any atom is -0.481 e. The van der Waals surface area contributed by atoms with E-state index in [1.165, 1.54) is 12.1 Å². The van der Waals surface area contributed by atoms with Crippen LogP contribution in [-0.2, 0) is 6.61 Å². The smallest absolute Gasteiger partial charge is 0.257 e. The Balaban J connectivity index is 1.57. The van der Waals surface area contributed by atoms with Crippen LogP contribution < -0.4 is 4.74 Å². The van der Waals surface area contributed by atoms with Gasteiger partial charge in [0.1, 0.15) is 0 Å². The lowest BCUT2D eigenvalue weighted by molar-refractivity contribution is 0.253. The first-order chi connectivity index (χ1) is 12.6. The molecule has 0 saturated carbocycles. The summed E-state index contributed by atoms with van der Waals surface area (Å²) in [5.41, 5.74) is 1.92. The monoisotopic (exact) mass is 354 g/mol. The highest BCUT2D eigenvalue weighted by atomic mass is 19.1. The lowest BCUT2D eigenvalue weighted by Gasteiger charge is -2.03. The Morgan fingerprint density at radius 1 is 1.19 bits per heavy atom. The average Bonchev–Trinajstić information content (AvgIpc) is 3.27. The predicted molar refractivity (Wildman–Crippen MR) is 89.9 cm³/mol. The van der Waals surface area contributed by atoms with E-state index < -0.39 is 5.82 Å². The lowest BCUT2D eigenvalue weighted by Crippen LogP contribution is -1.97. The molecule has 0 bridgehead atoms.